The van der Waals surface area contributed by atoms with Crippen molar-refractivity contribution in [2.75, 3.05) is 0 Å². The Hall–Kier alpha value is -1.96. The van der Waals surface area contributed by atoms with Crippen molar-refractivity contribution in [1.29, 1.82) is 0 Å². The smallest absolute Gasteiger partial charge is 0.126 e. The van der Waals surface area contributed by atoms with Gasteiger partial charge < -0.3 is 0 Å². The predicted molar refractivity (Wildman–Crippen MR) is 86.1 cm³/mol. The minimum atomic E-state index is -0.209. The molecule has 1 aliphatic carbocycles. The second-order valence-electron chi connectivity index (χ2n) is 6.04. The van der Waals surface area contributed by atoms with Crippen LogP contribution in [0.5, 0.6) is 0 Å². The molecule has 2 aromatic rings. The molecule has 0 heterocycles. The van der Waals surface area contributed by atoms with E-state index in [-0.39, 0.29) is 17.6 Å². The van der Waals surface area contributed by atoms with E-state index in [4.69, 9.17) is 0 Å². The largest absolute Gasteiger partial charge is 0.207 e. The number of benzene rings is 2. The van der Waals surface area contributed by atoms with Crippen LogP contribution in [0.15, 0.2) is 49.1 Å². The fourth-order valence-electron chi connectivity index (χ4n) is 3.32. The van der Waals surface area contributed by atoms with Gasteiger partial charge in [0.15, 0.2) is 0 Å². The van der Waals surface area contributed by atoms with E-state index in [2.05, 4.69) is 6.58 Å². The van der Waals surface area contributed by atoms with Crippen molar-refractivity contribution >= 4 is 0 Å². The fraction of sp³-hybridized carbons (Fsp3) is 0.300. The lowest BCUT2D eigenvalue weighted by Crippen LogP contribution is -2.14. The fourth-order valence-corrected chi connectivity index (χ4v) is 3.32. The summed E-state index contributed by atoms with van der Waals surface area (Å²) in [6.45, 7) is 3.69. The average Bonchev–Trinajstić information content (AvgIpc) is 2.52. The predicted octanol–water partition coefficient (Wildman–Crippen LogP) is 5.36. The third kappa shape index (κ3) is 3.11. The Morgan fingerprint density at radius 1 is 1.09 bits per heavy atom. The van der Waals surface area contributed by atoms with Crippen LogP contribution in [0.3, 0.4) is 0 Å². The Labute approximate surface area is 130 Å². The Kier molecular flexibility index (Phi) is 4.37. The van der Waals surface area contributed by atoms with Gasteiger partial charge in [-0.25, -0.2) is 8.78 Å². The number of halogens is 2. The van der Waals surface area contributed by atoms with Crippen LogP contribution < -0.4 is 0 Å². The van der Waals surface area contributed by atoms with Crippen molar-refractivity contribution in [3.63, 3.8) is 0 Å². The number of rotatable bonds is 4. The maximum Gasteiger partial charge on any atom is 0.126 e. The molecule has 0 fully saturated rings. The molecule has 22 heavy (non-hydrogen) atoms. The van der Waals surface area contributed by atoms with Crippen LogP contribution in [-0.4, -0.2) is 0 Å². The SMILES string of the molecule is C=CCCc1ccc(C2CCc3ccc(F)cc3C2)c(F)c1. The molecule has 0 bridgehead atoms. The maximum atomic E-state index is 14.4. The zero-order valence-electron chi connectivity index (χ0n) is 12.6. The summed E-state index contributed by atoms with van der Waals surface area (Å²) in [6, 6.07) is 10.5. The lowest BCUT2D eigenvalue weighted by Gasteiger charge is -2.25. The van der Waals surface area contributed by atoms with Gasteiger partial charge in [0.1, 0.15) is 11.6 Å². The molecule has 0 nitrogen and oxygen atoms in total. The molecule has 0 radical (unpaired) electrons. The highest BCUT2D eigenvalue weighted by Crippen LogP contribution is 2.34. The summed E-state index contributed by atoms with van der Waals surface area (Å²) in [7, 11) is 0. The highest BCUT2D eigenvalue weighted by atomic mass is 19.1. The summed E-state index contributed by atoms with van der Waals surface area (Å²) >= 11 is 0. The van der Waals surface area contributed by atoms with Gasteiger partial charge in [0.2, 0.25) is 0 Å². The number of allylic oxidation sites excluding steroid dienone is 1. The molecule has 114 valence electrons. The van der Waals surface area contributed by atoms with Crippen molar-refractivity contribution in [2.45, 2.75) is 38.0 Å². The highest BCUT2D eigenvalue weighted by Gasteiger charge is 2.22. The number of hydrogen-bond donors (Lipinski definition) is 0. The topological polar surface area (TPSA) is 0 Å². The van der Waals surface area contributed by atoms with Gasteiger partial charge in [0.05, 0.1) is 0 Å². The second-order valence-corrected chi connectivity index (χ2v) is 6.04. The van der Waals surface area contributed by atoms with Crippen LogP contribution in [0, 0.1) is 11.6 Å². The third-order valence-electron chi connectivity index (χ3n) is 4.54. The Morgan fingerprint density at radius 3 is 2.73 bits per heavy atom. The molecule has 0 saturated carbocycles. The van der Waals surface area contributed by atoms with Gasteiger partial charge in [0, 0.05) is 0 Å². The van der Waals surface area contributed by atoms with E-state index in [1.54, 1.807) is 12.1 Å². The number of fused-ring (bicyclic) bond motifs is 1. The van der Waals surface area contributed by atoms with Crippen LogP contribution >= 0.6 is 0 Å². The zero-order valence-corrected chi connectivity index (χ0v) is 12.6. The molecule has 0 aromatic heterocycles. The van der Waals surface area contributed by atoms with Gasteiger partial charge in [-0.05, 0) is 78.5 Å². The molecule has 1 atom stereocenters. The molecule has 1 unspecified atom stereocenters. The first-order valence-corrected chi connectivity index (χ1v) is 7.84. The number of hydrogen-bond acceptors (Lipinski definition) is 0. The molecule has 1 aliphatic rings. The van der Waals surface area contributed by atoms with Crippen LogP contribution in [0.4, 0.5) is 8.78 Å². The van der Waals surface area contributed by atoms with Gasteiger partial charge in [0.25, 0.3) is 0 Å². The molecule has 0 saturated heterocycles. The summed E-state index contributed by atoms with van der Waals surface area (Å²) in [5, 5.41) is 0. The Bertz CT molecular complexity index is 688. The summed E-state index contributed by atoms with van der Waals surface area (Å²) < 4.78 is 27.8. The molecule has 3 rings (SSSR count). The Morgan fingerprint density at radius 2 is 1.95 bits per heavy atom. The van der Waals surface area contributed by atoms with Crippen molar-refractivity contribution in [3.8, 4) is 0 Å². The highest BCUT2D eigenvalue weighted by molar-refractivity contribution is 5.36. The first kappa shape index (κ1) is 15.0. The van der Waals surface area contributed by atoms with E-state index < -0.39 is 0 Å². The van der Waals surface area contributed by atoms with E-state index in [1.807, 2.05) is 24.3 Å². The first-order chi connectivity index (χ1) is 10.7. The van der Waals surface area contributed by atoms with Crippen molar-refractivity contribution in [3.05, 3.63) is 82.9 Å². The minimum Gasteiger partial charge on any atom is -0.207 e. The molecular formula is C20H20F2. The van der Waals surface area contributed by atoms with E-state index in [9.17, 15) is 8.78 Å². The average molecular weight is 298 g/mol. The summed E-state index contributed by atoms with van der Waals surface area (Å²) in [4.78, 5) is 0. The van der Waals surface area contributed by atoms with Crippen molar-refractivity contribution < 1.29 is 8.78 Å². The maximum absolute atomic E-state index is 14.4. The number of aryl methyl sites for hydroxylation is 2. The lowest BCUT2D eigenvalue weighted by atomic mass is 9.80. The normalized spacial score (nSPS) is 17.1. The van der Waals surface area contributed by atoms with Crippen molar-refractivity contribution in [1.82, 2.24) is 0 Å². The zero-order chi connectivity index (χ0) is 15.5. The Balaban J connectivity index is 1.82. The summed E-state index contributed by atoms with van der Waals surface area (Å²) in [5.74, 6) is -0.200. The van der Waals surface area contributed by atoms with Crippen molar-refractivity contribution in [2.24, 2.45) is 0 Å². The van der Waals surface area contributed by atoms with E-state index >= 15 is 0 Å². The minimum absolute atomic E-state index is 0.133. The lowest BCUT2D eigenvalue weighted by molar-refractivity contribution is 0.529. The molecule has 0 spiro atoms. The standard InChI is InChI=1S/C20H20F2/c1-2-3-4-14-5-10-19(20(22)11-14)16-7-6-15-8-9-18(21)13-17(15)12-16/h2,5,8-11,13,16H,1,3-4,6-7,12H2. The van der Waals surface area contributed by atoms with Gasteiger partial charge in [-0.2, -0.15) is 0 Å². The molecule has 0 N–H and O–H groups in total. The second kappa shape index (κ2) is 6.43. The van der Waals surface area contributed by atoms with Gasteiger partial charge >= 0.3 is 0 Å². The quantitative estimate of drug-likeness (QED) is 0.667. The molecule has 0 aliphatic heterocycles. The van der Waals surface area contributed by atoms with Gasteiger partial charge in [-0.15, -0.1) is 6.58 Å². The molecular weight excluding hydrogens is 278 g/mol. The van der Waals surface area contributed by atoms with E-state index in [0.717, 1.165) is 48.8 Å². The van der Waals surface area contributed by atoms with Gasteiger partial charge in [-0.1, -0.05) is 24.3 Å². The molecule has 2 heteroatoms. The summed E-state index contributed by atoms with van der Waals surface area (Å²) in [5.41, 5.74) is 3.98. The monoisotopic (exact) mass is 298 g/mol. The molecule has 2 aromatic carbocycles. The van der Waals surface area contributed by atoms with Crippen LogP contribution in [0.25, 0.3) is 0 Å². The van der Waals surface area contributed by atoms with Crippen LogP contribution in [0.1, 0.15) is 41.0 Å². The molecule has 0 amide bonds. The van der Waals surface area contributed by atoms with E-state index in [1.165, 1.54) is 11.6 Å². The van der Waals surface area contributed by atoms with Crippen LogP contribution in [0.2, 0.25) is 0 Å². The third-order valence-corrected chi connectivity index (χ3v) is 4.54. The van der Waals surface area contributed by atoms with Crippen LogP contribution in [-0.2, 0) is 19.3 Å². The van der Waals surface area contributed by atoms with Gasteiger partial charge in [-0.3, -0.25) is 0 Å². The first-order valence-electron chi connectivity index (χ1n) is 7.84. The summed E-state index contributed by atoms with van der Waals surface area (Å²) in [6.07, 6.45) is 6.04. The van der Waals surface area contributed by atoms with E-state index in [0.29, 0.717) is 0 Å².